The monoisotopic (exact) mass is 979 g/mol. The zero-order valence-corrected chi connectivity index (χ0v) is 45.4. The lowest BCUT2D eigenvalue weighted by Crippen LogP contribution is -2.30. The zero-order chi connectivity index (χ0) is 51.4. The first-order chi connectivity index (χ1) is 35.0. The molecule has 0 aliphatic heterocycles. The molecule has 0 bridgehead atoms. The maximum Gasteiger partial charge on any atom is 0.306 e. The lowest BCUT2D eigenvalue weighted by Gasteiger charge is -2.18. The fourth-order valence-corrected chi connectivity index (χ4v) is 7.09. The van der Waals surface area contributed by atoms with Crippen molar-refractivity contribution in [3.05, 3.63) is 146 Å². The molecule has 0 fully saturated rings. The van der Waals surface area contributed by atoms with Crippen molar-refractivity contribution >= 4 is 17.9 Å². The molecule has 71 heavy (non-hydrogen) atoms. The van der Waals surface area contributed by atoms with Gasteiger partial charge < -0.3 is 14.2 Å². The summed E-state index contributed by atoms with van der Waals surface area (Å²) in [5, 5.41) is 0. The predicted molar refractivity (Wildman–Crippen MR) is 306 cm³/mol. The van der Waals surface area contributed by atoms with Gasteiger partial charge in [0, 0.05) is 19.3 Å². The fourth-order valence-electron chi connectivity index (χ4n) is 7.09. The molecule has 0 rings (SSSR count). The van der Waals surface area contributed by atoms with E-state index in [0.717, 1.165) is 148 Å². The molecule has 0 aromatic carbocycles. The molecule has 6 nitrogen and oxygen atoms in total. The molecule has 0 aromatic rings. The summed E-state index contributed by atoms with van der Waals surface area (Å²) in [5.74, 6) is -0.979. The van der Waals surface area contributed by atoms with Crippen LogP contribution in [0.25, 0.3) is 0 Å². The number of hydrogen-bond acceptors (Lipinski definition) is 6. The molecule has 0 spiro atoms. The highest BCUT2D eigenvalue weighted by Crippen LogP contribution is 2.12. The third-order valence-electron chi connectivity index (χ3n) is 11.3. The largest absolute Gasteiger partial charge is 0.462 e. The number of ether oxygens (including phenoxy) is 3. The molecule has 0 heterocycles. The Kier molecular flexibility index (Phi) is 54.0. The van der Waals surface area contributed by atoms with Crippen LogP contribution in [-0.2, 0) is 28.6 Å². The van der Waals surface area contributed by atoms with Gasteiger partial charge in [0.1, 0.15) is 13.2 Å². The van der Waals surface area contributed by atoms with Crippen LogP contribution in [0.2, 0.25) is 0 Å². The molecule has 0 amide bonds. The Morgan fingerprint density at radius 3 is 0.944 bits per heavy atom. The second kappa shape index (κ2) is 57.9. The van der Waals surface area contributed by atoms with Crippen LogP contribution in [0.4, 0.5) is 0 Å². The van der Waals surface area contributed by atoms with Crippen LogP contribution in [0.3, 0.4) is 0 Å². The maximum atomic E-state index is 12.7. The van der Waals surface area contributed by atoms with Crippen molar-refractivity contribution in [1.82, 2.24) is 0 Å². The molecule has 0 saturated heterocycles. The summed E-state index contributed by atoms with van der Waals surface area (Å²) in [6, 6.07) is 0. The van der Waals surface area contributed by atoms with Crippen molar-refractivity contribution in [1.29, 1.82) is 0 Å². The second-order valence-electron chi connectivity index (χ2n) is 18.1. The van der Waals surface area contributed by atoms with Crippen molar-refractivity contribution in [2.24, 2.45) is 0 Å². The molecule has 0 radical (unpaired) electrons. The van der Waals surface area contributed by atoms with E-state index in [9.17, 15) is 14.4 Å². The molecule has 0 N–H and O–H groups in total. The van der Waals surface area contributed by atoms with Crippen molar-refractivity contribution in [2.45, 2.75) is 232 Å². The zero-order valence-electron chi connectivity index (χ0n) is 45.4. The van der Waals surface area contributed by atoms with E-state index in [1.807, 2.05) is 0 Å². The third kappa shape index (κ3) is 56.1. The van der Waals surface area contributed by atoms with Crippen LogP contribution >= 0.6 is 0 Å². The highest BCUT2D eigenvalue weighted by atomic mass is 16.6. The number of rotatable bonds is 49. The van der Waals surface area contributed by atoms with Crippen LogP contribution in [0.5, 0.6) is 0 Å². The van der Waals surface area contributed by atoms with Crippen LogP contribution in [0.15, 0.2) is 146 Å². The van der Waals surface area contributed by atoms with Gasteiger partial charge in [-0.1, -0.05) is 231 Å². The number of hydrogen-bond donors (Lipinski definition) is 0. The van der Waals surface area contributed by atoms with Crippen LogP contribution in [0.1, 0.15) is 226 Å². The summed E-state index contributed by atoms with van der Waals surface area (Å²) in [7, 11) is 0. The smallest absolute Gasteiger partial charge is 0.306 e. The number of esters is 3. The van der Waals surface area contributed by atoms with E-state index in [0.29, 0.717) is 25.7 Å². The Bertz CT molecular complexity index is 1590. The summed E-state index contributed by atoms with van der Waals surface area (Å²) in [5.41, 5.74) is 0. The lowest BCUT2D eigenvalue weighted by atomic mass is 10.1. The highest BCUT2D eigenvalue weighted by molar-refractivity contribution is 5.71. The van der Waals surface area contributed by atoms with E-state index < -0.39 is 6.10 Å². The Labute approximate surface area is 436 Å². The van der Waals surface area contributed by atoms with Gasteiger partial charge in [0.2, 0.25) is 0 Å². The van der Waals surface area contributed by atoms with Crippen molar-refractivity contribution in [2.75, 3.05) is 13.2 Å². The topological polar surface area (TPSA) is 78.9 Å². The predicted octanol–water partition coefficient (Wildman–Crippen LogP) is 19.2. The first-order valence-corrected chi connectivity index (χ1v) is 28.3. The molecule has 0 aromatic heterocycles. The standard InChI is InChI=1S/C65H102O6/c1-4-7-10-13-16-18-20-22-23-24-25-26-27-28-29-30-31-32-33-34-35-36-37-38-39-40-41-43-44-46-49-52-55-58-64(67)70-61-62(60-69-63(66)57-54-51-48-15-12-9-6-3)71-65(68)59-56-53-50-47-45-42-21-19-17-14-11-8-5-2/h7,10-11,14,16,18-19,21-23,25-26,28-29,31-32,34-35,37-38,40-41,44,46,62H,4-6,8-9,12-13,15,17,20,24,27,30,33,36,39,42-43,45,47-61H2,1-3H3/b10-7-,14-11-,18-16-,21-19-,23-22-,26-25-,29-28-,32-31-,35-34-,38-37-,41-40-,46-44-. The minimum absolute atomic E-state index is 0.102. The minimum Gasteiger partial charge on any atom is -0.462 e. The molecule has 1 unspecified atom stereocenters. The van der Waals surface area contributed by atoms with Crippen LogP contribution < -0.4 is 0 Å². The van der Waals surface area contributed by atoms with E-state index in [4.69, 9.17) is 14.2 Å². The third-order valence-corrected chi connectivity index (χ3v) is 11.3. The maximum absolute atomic E-state index is 12.7. The lowest BCUT2D eigenvalue weighted by molar-refractivity contribution is -0.167. The van der Waals surface area contributed by atoms with E-state index in [1.54, 1.807) is 0 Å². The Morgan fingerprint density at radius 2 is 0.577 bits per heavy atom. The minimum atomic E-state index is -0.805. The molecule has 0 saturated carbocycles. The van der Waals surface area contributed by atoms with Crippen molar-refractivity contribution in [3.8, 4) is 0 Å². The van der Waals surface area contributed by atoms with Crippen molar-refractivity contribution < 1.29 is 28.6 Å². The highest BCUT2D eigenvalue weighted by Gasteiger charge is 2.19. The van der Waals surface area contributed by atoms with Gasteiger partial charge in [-0.25, -0.2) is 0 Å². The summed E-state index contributed by atoms with van der Waals surface area (Å²) in [6.45, 7) is 6.34. The molecule has 0 aliphatic rings. The molecule has 6 heteroatoms. The van der Waals surface area contributed by atoms with Crippen LogP contribution in [0, 0.1) is 0 Å². The molecule has 398 valence electrons. The van der Waals surface area contributed by atoms with Gasteiger partial charge in [0.25, 0.3) is 0 Å². The summed E-state index contributed by atoms with van der Waals surface area (Å²) in [4.78, 5) is 37.8. The number of carbonyl (C=O) groups is 3. The SMILES string of the molecule is CC/C=C\C/C=C\C/C=C\C/C=C\C/C=C\C/C=C\C/C=C\C/C=C\C/C=C\C/C=C\CCCCC(=O)OCC(COC(=O)CCCCCCCCC)OC(=O)CCCCCCC/C=C\C/C=C\CCC. The van der Waals surface area contributed by atoms with Gasteiger partial charge in [-0.2, -0.15) is 0 Å². The van der Waals surface area contributed by atoms with Gasteiger partial charge >= 0.3 is 17.9 Å². The van der Waals surface area contributed by atoms with E-state index in [1.165, 1.54) is 32.1 Å². The first-order valence-electron chi connectivity index (χ1n) is 28.3. The van der Waals surface area contributed by atoms with Crippen molar-refractivity contribution in [3.63, 3.8) is 0 Å². The molecular weight excluding hydrogens is 877 g/mol. The van der Waals surface area contributed by atoms with Gasteiger partial charge in [0.15, 0.2) is 6.10 Å². The fraction of sp³-hybridized carbons (Fsp3) is 0.585. The van der Waals surface area contributed by atoms with Gasteiger partial charge in [-0.3, -0.25) is 14.4 Å². The van der Waals surface area contributed by atoms with E-state index in [2.05, 4.69) is 167 Å². The molecule has 1 atom stereocenters. The summed E-state index contributed by atoms with van der Waals surface area (Å²) in [6.07, 6.45) is 83.0. The normalized spacial score (nSPS) is 13.2. The number of allylic oxidation sites excluding steroid dienone is 24. The van der Waals surface area contributed by atoms with Gasteiger partial charge in [-0.05, 0) is 122 Å². The van der Waals surface area contributed by atoms with E-state index >= 15 is 0 Å². The van der Waals surface area contributed by atoms with E-state index in [-0.39, 0.29) is 31.1 Å². The quantitative estimate of drug-likeness (QED) is 0.0262. The second-order valence-corrected chi connectivity index (χ2v) is 18.1. The molecular formula is C65H102O6. The number of carbonyl (C=O) groups excluding carboxylic acids is 3. The average molecular weight is 980 g/mol. The summed E-state index contributed by atoms with van der Waals surface area (Å²) >= 11 is 0. The Morgan fingerprint density at radius 1 is 0.296 bits per heavy atom. The Balaban J connectivity index is 4.26. The summed E-state index contributed by atoms with van der Waals surface area (Å²) < 4.78 is 16.7. The van der Waals surface area contributed by atoms with Crippen LogP contribution in [-0.4, -0.2) is 37.2 Å². The first kappa shape index (κ1) is 66.3. The molecule has 0 aliphatic carbocycles. The Hall–Kier alpha value is -4.71. The average Bonchev–Trinajstić information content (AvgIpc) is 3.37. The van der Waals surface area contributed by atoms with Gasteiger partial charge in [-0.15, -0.1) is 0 Å². The number of unbranched alkanes of at least 4 members (excludes halogenated alkanes) is 14. The van der Waals surface area contributed by atoms with Gasteiger partial charge in [0.05, 0.1) is 0 Å².